The maximum atomic E-state index is 12.5. The predicted octanol–water partition coefficient (Wildman–Crippen LogP) is 4.41. The van der Waals surface area contributed by atoms with Gasteiger partial charge in [0.2, 0.25) is 0 Å². The first-order chi connectivity index (χ1) is 12.2. The maximum Gasteiger partial charge on any atom is 0.258 e. The second kappa shape index (κ2) is 7.02. The normalized spacial score (nSPS) is 17.8. The maximum absolute atomic E-state index is 12.5. The van der Waals surface area contributed by atoms with E-state index in [1.165, 1.54) is 0 Å². The van der Waals surface area contributed by atoms with Crippen LogP contribution < -0.4 is 14.8 Å². The van der Waals surface area contributed by atoms with Crippen LogP contribution in [0, 0.1) is 20.8 Å². The van der Waals surface area contributed by atoms with Crippen LogP contribution in [0.1, 0.15) is 48.6 Å². The van der Waals surface area contributed by atoms with Crippen LogP contribution in [0.4, 0.5) is 0 Å². The van der Waals surface area contributed by atoms with Crippen molar-refractivity contribution in [2.45, 2.75) is 52.7 Å². The Kier molecular flexibility index (Phi) is 4.94. The zero-order chi connectivity index (χ0) is 18.9. The second-order valence-electron chi connectivity index (χ2n) is 7.71. The first-order valence-corrected chi connectivity index (χ1v) is 9.03. The number of nitrogens with one attached hydrogen (secondary N) is 1. The Morgan fingerprint density at radius 2 is 2.00 bits per heavy atom. The van der Waals surface area contributed by atoms with Crippen LogP contribution in [0.2, 0.25) is 0 Å². The van der Waals surface area contributed by atoms with Crippen LogP contribution in [-0.2, 0) is 4.79 Å². The van der Waals surface area contributed by atoms with Gasteiger partial charge in [0.25, 0.3) is 5.91 Å². The molecule has 4 heteroatoms. The molecule has 1 heterocycles. The molecule has 2 aromatic carbocycles. The number of fused-ring (bicyclic) bond motifs is 1. The van der Waals surface area contributed by atoms with Gasteiger partial charge in [-0.3, -0.25) is 4.79 Å². The third-order valence-corrected chi connectivity index (χ3v) is 4.87. The molecule has 0 radical (unpaired) electrons. The highest BCUT2D eigenvalue weighted by molar-refractivity contribution is 5.78. The molecule has 0 aromatic heterocycles. The van der Waals surface area contributed by atoms with E-state index < -0.39 is 0 Å². The summed E-state index contributed by atoms with van der Waals surface area (Å²) >= 11 is 0. The number of carbonyl (C=O) groups excluding carboxylic acids is 1. The molecular weight excluding hydrogens is 326 g/mol. The molecule has 0 saturated heterocycles. The lowest BCUT2D eigenvalue weighted by molar-refractivity contribution is -0.124. The lowest BCUT2D eigenvalue weighted by atomic mass is 9.89. The molecule has 3 rings (SSSR count). The van der Waals surface area contributed by atoms with Gasteiger partial charge in [-0.25, -0.2) is 0 Å². The molecule has 0 spiro atoms. The largest absolute Gasteiger partial charge is 0.487 e. The summed E-state index contributed by atoms with van der Waals surface area (Å²) in [4.78, 5) is 12.5. The van der Waals surface area contributed by atoms with Crippen molar-refractivity contribution in [1.82, 2.24) is 5.32 Å². The second-order valence-corrected chi connectivity index (χ2v) is 7.71. The fraction of sp³-hybridized carbons (Fsp3) is 0.409. The van der Waals surface area contributed by atoms with E-state index in [1.807, 2.05) is 65.0 Å². The summed E-state index contributed by atoms with van der Waals surface area (Å²) in [6, 6.07) is 11.9. The van der Waals surface area contributed by atoms with Crippen LogP contribution in [0.5, 0.6) is 11.5 Å². The molecule has 138 valence electrons. The van der Waals surface area contributed by atoms with E-state index in [0.29, 0.717) is 0 Å². The molecule has 0 saturated carbocycles. The highest BCUT2D eigenvalue weighted by atomic mass is 16.5. The predicted molar refractivity (Wildman–Crippen MR) is 103 cm³/mol. The molecule has 1 aliphatic rings. The summed E-state index contributed by atoms with van der Waals surface area (Å²) in [7, 11) is 0. The summed E-state index contributed by atoms with van der Waals surface area (Å²) in [6.07, 6.45) is 0.721. The number of ether oxygens (including phenoxy) is 2. The van der Waals surface area contributed by atoms with Crippen LogP contribution >= 0.6 is 0 Å². The number of rotatable bonds is 4. The van der Waals surface area contributed by atoms with E-state index in [9.17, 15) is 4.79 Å². The average Bonchev–Trinajstić information content (AvgIpc) is 2.56. The minimum absolute atomic E-state index is 0.00320. The molecule has 4 nitrogen and oxygen atoms in total. The third kappa shape index (κ3) is 4.01. The highest BCUT2D eigenvalue weighted by Gasteiger charge is 2.34. The minimum Gasteiger partial charge on any atom is -0.487 e. The Bertz CT molecular complexity index is 826. The summed E-state index contributed by atoms with van der Waals surface area (Å²) in [5.41, 5.74) is 4.07. The Hall–Kier alpha value is -2.49. The standard InChI is InChI=1S/C22H27NO3/c1-14-9-10-20-17(11-14)18(12-22(4,5)26-20)23-21(24)13-25-19-8-6-7-15(2)16(19)3/h6-11,18H,12-13H2,1-5H3,(H,23,24). The first kappa shape index (κ1) is 18.3. The van der Waals surface area contributed by atoms with Gasteiger partial charge in [-0.05, 0) is 57.9 Å². The zero-order valence-corrected chi connectivity index (χ0v) is 16.2. The first-order valence-electron chi connectivity index (χ1n) is 9.03. The van der Waals surface area contributed by atoms with Crippen molar-refractivity contribution in [2.75, 3.05) is 6.61 Å². The summed E-state index contributed by atoms with van der Waals surface area (Å²) < 4.78 is 11.8. The molecule has 1 aliphatic heterocycles. The van der Waals surface area contributed by atoms with Crippen molar-refractivity contribution in [3.8, 4) is 11.5 Å². The number of benzene rings is 2. The molecule has 0 fully saturated rings. The van der Waals surface area contributed by atoms with Crippen LogP contribution in [-0.4, -0.2) is 18.1 Å². The van der Waals surface area contributed by atoms with Gasteiger partial charge in [0.05, 0.1) is 6.04 Å². The van der Waals surface area contributed by atoms with Crippen LogP contribution in [0.15, 0.2) is 36.4 Å². The summed E-state index contributed by atoms with van der Waals surface area (Å²) in [5.74, 6) is 1.47. The highest BCUT2D eigenvalue weighted by Crippen LogP contribution is 2.39. The molecule has 26 heavy (non-hydrogen) atoms. The number of aryl methyl sites for hydroxylation is 2. The SMILES string of the molecule is Cc1ccc2c(c1)C(NC(=O)COc1cccc(C)c1C)CC(C)(C)O2. The van der Waals surface area contributed by atoms with E-state index >= 15 is 0 Å². The van der Waals surface area contributed by atoms with Gasteiger partial charge in [-0.2, -0.15) is 0 Å². The van der Waals surface area contributed by atoms with Crippen molar-refractivity contribution in [3.63, 3.8) is 0 Å². The van der Waals surface area contributed by atoms with E-state index in [2.05, 4.69) is 11.4 Å². The number of amides is 1. The number of hydrogen-bond donors (Lipinski definition) is 1. The van der Waals surface area contributed by atoms with Gasteiger partial charge in [0, 0.05) is 12.0 Å². The quantitative estimate of drug-likeness (QED) is 0.886. The molecule has 0 aliphatic carbocycles. The van der Waals surface area contributed by atoms with Crippen molar-refractivity contribution >= 4 is 5.91 Å². The van der Waals surface area contributed by atoms with Crippen molar-refractivity contribution < 1.29 is 14.3 Å². The molecule has 1 unspecified atom stereocenters. The van der Waals surface area contributed by atoms with Gasteiger partial charge < -0.3 is 14.8 Å². The third-order valence-electron chi connectivity index (χ3n) is 4.87. The Labute approximate surface area is 155 Å². The Morgan fingerprint density at radius 1 is 1.23 bits per heavy atom. The van der Waals surface area contributed by atoms with Crippen molar-refractivity contribution in [3.05, 3.63) is 58.7 Å². The zero-order valence-electron chi connectivity index (χ0n) is 16.2. The van der Waals surface area contributed by atoms with Gasteiger partial charge in [-0.1, -0.05) is 29.8 Å². The van der Waals surface area contributed by atoms with Gasteiger partial charge in [0.15, 0.2) is 6.61 Å². The Morgan fingerprint density at radius 3 is 2.77 bits per heavy atom. The fourth-order valence-corrected chi connectivity index (χ4v) is 3.36. The molecular formula is C22H27NO3. The Balaban J connectivity index is 1.71. The van der Waals surface area contributed by atoms with E-state index in [0.717, 1.165) is 40.2 Å². The minimum atomic E-state index is -0.325. The van der Waals surface area contributed by atoms with E-state index in [4.69, 9.17) is 9.47 Å². The van der Waals surface area contributed by atoms with Crippen molar-refractivity contribution in [1.29, 1.82) is 0 Å². The average molecular weight is 353 g/mol. The van der Waals surface area contributed by atoms with Gasteiger partial charge >= 0.3 is 0 Å². The van der Waals surface area contributed by atoms with Crippen LogP contribution in [0.3, 0.4) is 0 Å². The lowest BCUT2D eigenvalue weighted by Gasteiger charge is -2.38. The smallest absolute Gasteiger partial charge is 0.258 e. The number of carbonyl (C=O) groups is 1. The van der Waals surface area contributed by atoms with E-state index in [1.54, 1.807) is 0 Å². The topological polar surface area (TPSA) is 47.6 Å². The van der Waals surface area contributed by atoms with Gasteiger partial charge in [-0.15, -0.1) is 0 Å². The fourth-order valence-electron chi connectivity index (χ4n) is 3.36. The summed E-state index contributed by atoms with van der Waals surface area (Å²) in [5, 5.41) is 3.12. The molecule has 1 N–H and O–H groups in total. The molecule has 1 amide bonds. The molecule has 0 bridgehead atoms. The van der Waals surface area contributed by atoms with Gasteiger partial charge in [0.1, 0.15) is 17.1 Å². The van der Waals surface area contributed by atoms with E-state index in [-0.39, 0.29) is 24.2 Å². The lowest BCUT2D eigenvalue weighted by Crippen LogP contribution is -2.42. The monoisotopic (exact) mass is 353 g/mol. The molecule has 2 aromatic rings. The van der Waals surface area contributed by atoms with Crippen LogP contribution in [0.25, 0.3) is 0 Å². The summed E-state index contributed by atoms with van der Waals surface area (Å²) in [6.45, 7) is 10.2. The molecule has 1 atom stereocenters. The number of hydrogen-bond acceptors (Lipinski definition) is 3. The van der Waals surface area contributed by atoms with Crippen molar-refractivity contribution in [2.24, 2.45) is 0 Å².